The Morgan fingerprint density at radius 2 is 1.79 bits per heavy atom. The molecule has 2 aromatic rings. The SMILES string of the molecule is CC(CC(=O)NCCNC(=O)c1cccc(NS(C)(=O)=O)c1)C1CCc2cc(F)c(F)cc21. The van der Waals surface area contributed by atoms with Crippen LogP contribution in [-0.2, 0) is 21.2 Å². The van der Waals surface area contributed by atoms with Crippen LogP contribution in [0.1, 0.15) is 47.2 Å². The van der Waals surface area contributed by atoms with Crippen molar-refractivity contribution in [1.82, 2.24) is 10.6 Å². The Bertz CT molecular complexity index is 1150. The molecule has 0 aromatic heterocycles. The van der Waals surface area contributed by atoms with Crippen molar-refractivity contribution in [1.29, 1.82) is 0 Å². The van der Waals surface area contributed by atoms with Crippen LogP contribution in [0.5, 0.6) is 0 Å². The van der Waals surface area contributed by atoms with Gasteiger partial charge in [0.15, 0.2) is 11.6 Å². The highest BCUT2D eigenvalue weighted by Crippen LogP contribution is 2.40. The van der Waals surface area contributed by atoms with Crippen molar-refractivity contribution in [3.8, 4) is 0 Å². The Kier molecular flexibility index (Phi) is 7.68. The molecule has 1 aliphatic carbocycles. The first-order valence-corrected chi connectivity index (χ1v) is 12.5. The molecule has 0 bridgehead atoms. The Labute approximate surface area is 192 Å². The van der Waals surface area contributed by atoms with Gasteiger partial charge in [-0.1, -0.05) is 13.0 Å². The van der Waals surface area contributed by atoms with E-state index in [2.05, 4.69) is 15.4 Å². The number of aryl methyl sites for hydroxylation is 1. The summed E-state index contributed by atoms with van der Waals surface area (Å²) in [6.07, 6.45) is 2.66. The molecule has 0 saturated heterocycles. The van der Waals surface area contributed by atoms with Gasteiger partial charge in [0.25, 0.3) is 5.91 Å². The third-order valence-corrected chi connectivity index (χ3v) is 6.27. The van der Waals surface area contributed by atoms with Crippen LogP contribution in [0.2, 0.25) is 0 Å². The van der Waals surface area contributed by atoms with Crippen LogP contribution < -0.4 is 15.4 Å². The molecule has 3 rings (SSSR count). The van der Waals surface area contributed by atoms with Gasteiger partial charge in [-0.15, -0.1) is 0 Å². The van der Waals surface area contributed by atoms with Gasteiger partial charge in [0.05, 0.1) is 6.26 Å². The zero-order chi connectivity index (χ0) is 24.2. The molecule has 0 heterocycles. The first-order chi connectivity index (χ1) is 15.5. The number of hydrogen-bond donors (Lipinski definition) is 3. The predicted molar refractivity (Wildman–Crippen MR) is 121 cm³/mol. The molecule has 10 heteroatoms. The number of amides is 2. The maximum atomic E-state index is 13.6. The van der Waals surface area contributed by atoms with E-state index in [1.807, 2.05) is 6.92 Å². The van der Waals surface area contributed by atoms with E-state index in [4.69, 9.17) is 0 Å². The highest BCUT2D eigenvalue weighted by atomic mass is 32.2. The topological polar surface area (TPSA) is 104 Å². The zero-order valence-electron chi connectivity index (χ0n) is 18.5. The standard InChI is InChI=1S/C23H27F2N3O4S/c1-14(18-7-6-15-12-20(24)21(25)13-19(15)18)10-22(29)26-8-9-27-23(30)16-4-3-5-17(11-16)28-33(2,31)32/h3-5,11-14,18,28H,6-10H2,1-2H3,(H,26,29)(H,27,30). The molecular formula is C23H27F2N3O4S. The predicted octanol–water partition coefficient (Wildman–Crippen LogP) is 2.94. The Hall–Kier alpha value is -3.01. The average Bonchev–Trinajstić information content (AvgIpc) is 3.13. The lowest BCUT2D eigenvalue weighted by Gasteiger charge is -2.20. The molecule has 0 fully saturated rings. The summed E-state index contributed by atoms with van der Waals surface area (Å²) in [4.78, 5) is 24.6. The van der Waals surface area contributed by atoms with Crippen LogP contribution in [0.25, 0.3) is 0 Å². The number of fused-ring (bicyclic) bond motifs is 1. The van der Waals surface area contributed by atoms with Crippen LogP contribution in [-0.4, -0.2) is 39.6 Å². The van der Waals surface area contributed by atoms with Crippen molar-refractivity contribution in [2.75, 3.05) is 24.1 Å². The fourth-order valence-corrected chi connectivity index (χ4v) is 4.70. The van der Waals surface area contributed by atoms with Gasteiger partial charge < -0.3 is 10.6 Å². The fourth-order valence-electron chi connectivity index (χ4n) is 4.15. The van der Waals surface area contributed by atoms with Crippen molar-refractivity contribution in [2.45, 2.75) is 32.1 Å². The van der Waals surface area contributed by atoms with E-state index in [1.54, 1.807) is 12.1 Å². The smallest absolute Gasteiger partial charge is 0.251 e. The molecule has 7 nitrogen and oxygen atoms in total. The van der Waals surface area contributed by atoms with Gasteiger partial charge >= 0.3 is 0 Å². The summed E-state index contributed by atoms with van der Waals surface area (Å²) in [5, 5.41) is 5.42. The minimum absolute atomic E-state index is 0.00614. The number of halogens is 2. The Morgan fingerprint density at radius 1 is 1.09 bits per heavy atom. The van der Waals surface area contributed by atoms with E-state index in [0.29, 0.717) is 6.42 Å². The van der Waals surface area contributed by atoms with Crippen LogP contribution in [0.3, 0.4) is 0 Å². The van der Waals surface area contributed by atoms with Crippen LogP contribution in [0.4, 0.5) is 14.5 Å². The number of nitrogens with one attached hydrogen (secondary N) is 3. The lowest BCUT2D eigenvalue weighted by atomic mass is 9.86. The van der Waals surface area contributed by atoms with E-state index in [0.717, 1.165) is 23.8 Å². The monoisotopic (exact) mass is 479 g/mol. The van der Waals surface area contributed by atoms with Gasteiger partial charge in [-0.3, -0.25) is 14.3 Å². The van der Waals surface area contributed by atoms with Crippen LogP contribution in [0, 0.1) is 17.6 Å². The van der Waals surface area contributed by atoms with E-state index in [1.165, 1.54) is 24.3 Å². The second-order valence-corrected chi connectivity index (χ2v) is 10.1. The maximum Gasteiger partial charge on any atom is 0.251 e. The second-order valence-electron chi connectivity index (χ2n) is 8.35. The number of carbonyl (C=O) groups excluding carboxylic acids is 2. The van der Waals surface area contributed by atoms with Crippen molar-refractivity contribution in [2.24, 2.45) is 5.92 Å². The molecule has 2 unspecified atom stereocenters. The van der Waals surface area contributed by atoms with Gasteiger partial charge in [0, 0.05) is 30.8 Å². The number of anilines is 1. The highest BCUT2D eigenvalue weighted by molar-refractivity contribution is 7.92. The van der Waals surface area contributed by atoms with E-state index < -0.39 is 27.6 Å². The van der Waals surface area contributed by atoms with Gasteiger partial charge in [0.1, 0.15) is 0 Å². The van der Waals surface area contributed by atoms with Gasteiger partial charge in [-0.25, -0.2) is 17.2 Å². The molecule has 0 spiro atoms. The minimum Gasteiger partial charge on any atom is -0.354 e. The summed E-state index contributed by atoms with van der Waals surface area (Å²) in [7, 11) is -3.45. The van der Waals surface area contributed by atoms with Crippen molar-refractivity contribution < 1.29 is 26.8 Å². The summed E-state index contributed by atoms with van der Waals surface area (Å²) in [6, 6.07) is 8.56. The van der Waals surface area contributed by atoms with Crippen LogP contribution in [0.15, 0.2) is 36.4 Å². The molecule has 1 aliphatic rings. The van der Waals surface area contributed by atoms with Gasteiger partial charge in [0.2, 0.25) is 15.9 Å². The number of benzene rings is 2. The molecule has 2 aromatic carbocycles. The van der Waals surface area contributed by atoms with Crippen molar-refractivity contribution >= 4 is 27.5 Å². The van der Waals surface area contributed by atoms with E-state index in [9.17, 15) is 26.8 Å². The largest absolute Gasteiger partial charge is 0.354 e. The quantitative estimate of drug-likeness (QED) is 0.481. The fraction of sp³-hybridized carbons (Fsp3) is 0.391. The molecule has 0 aliphatic heterocycles. The molecule has 3 N–H and O–H groups in total. The molecule has 2 amide bonds. The summed E-state index contributed by atoms with van der Waals surface area (Å²) >= 11 is 0. The molecule has 2 atom stereocenters. The summed E-state index contributed by atoms with van der Waals surface area (Å²) in [5.41, 5.74) is 2.13. The number of rotatable bonds is 9. The summed E-state index contributed by atoms with van der Waals surface area (Å²) < 4.78 is 52.0. The van der Waals surface area contributed by atoms with E-state index >= 15 is 0 Å². The number of sulfonamides is 1. The normalized spacial score (nSPS) is 16.1. The number of hydrogen-bond acceptors (Lipinski definition) is 4. The molecule has 33 heavy (non-hydrogen) atoms. The first kappa shape index (κ1) is 24.6. The van der Waals surface area contributed by atoms with Gasteiger partial charge in [-0.05, 0) is 66.1 Å². The second kappa shape index (κ2) is 10.3. The van der Waals surface area contributed by atoms with Crippen molar-refractivity contribution in [3.05, 3.63) is 64.7 Å². The first-order valence-electron chi connectivity index (χ1n) is 10.6. The average molecular weight is 480 g/mol. The third-order valence-electron chi connectivity index (χ3n) is 5.66. The zero-order valence-corrected chi connectivity index (χ0v) is 19.3. The molecule has 178 valence electrons. The minimum atomic E-state index is -3.45. The lowest BCUT2D eigenvalue weighted by molar-refractivity contribution is -0.122. The Balaban J connectivity index is 1.44. The van der Waals surface area contributed by atoms with Gasteiger partial charge in [-0.2, -0.15) is 0 Å². The van der Waals surface area contributed by atoms with Crippen molar-refractivity contribution in [3.63, 3.8) is 0 Å². The lowest BCUT2D eigenvalue weighted by Crippen LogP contribution is -2.35. The Morgan fingerprint density at radius 3 is 2.52 bits per heavy atom. The molecule has 0 saturated carbocycles. The third kappa shape index (κ3) is 6.74. The number of carbonyl (C=O) groups is 2. The highest BCUT2D eigenvalue weighted by Gasteiger charge is 2.29. The molecule has 0 radical (unpaired) electrons. The van der Waals surface area contributed by atoms with E-state index in [-0.39, 0.29) is 48.5 Å². The maximum absolute atomic E-state index is 13.6. The summed E-state index contributed by atoms with van der Waals surface area (Å²) in [5.74, 6) is -2.35. The summed E-state index contributed by atoms with van der Waals surface area (Å²) in [6.45, 7) is 2.33. The molecular weight excluding hydrogens is 452 g/mol. The van der Waals surface area contributed by atoms with Crippen LogP contribution >= 0.6 is 0 Å².